The molecule has 20 heavy (non-hydrogen) atoms. The number of amides is 1. The quantitative estimate of drug-likeness (QED) is 0.921. The van der Waals surface area contributed by atoms with E-state index in [0.717, 1.165) is 18.5 Å². The van der Waals surface area contributed by atoms with Gasteiger partial charge in [0, 0.05) is 12.3 Å². The summed E-state index contributed by atoms with van der Waals surface area (Å²) in [5, 5.41) is 2.73. The summed E-state index contributed by atoms with van der Waals surface area (Å²) in [6.07, 6.45) is 1.06. The molecule has 2 heterocycles. The van der Waals surface area contributed by atoms with Gasteiger partial charge in [0.15, 0.2) is 6.10 Å². The van der Waals surface area contributed by atoms with Crippen molar-refractivity contribution in [1.82, 2.24) is 0 Å². The molecule has 0 bridgehead atoms. The third-order valence-electron chi connectivity index (χ3n) is 3.79. The molecule has 0 radical (unpaired) electrons. The third kappa shape index (κ3) is 2.78. The van der Waals surface area contributed by atoms with Gasteiger partial charge in [-0.15, -0.1) is 0 Å². The fourth-order valence-electron chi connectivity index (χ4n) is 2.64. The molecule has 0 saturated carbocycles. The van der Waals surface area contributed by atoms with Crippen molar-refractivity contribution in [2.24, 2.45) is 0 Å². The maximum absolute atomic E-state index is 11.9. The van der Waals surface area contributed by atoms with Gasteiger partial charge < -0.3 is 14.2 Å². The van der Waals surface area contributed by atoms with Crippen molar-refractivity contribution >= 4 is 11.8 Å². The minimum Gasteiger partial charge on any atom is -0.441 e. The predicted molar refractivity (Wildman–Crippen MR) is 73.8 cm³/mol. The molecule has 3 atom stereocenters. The van der Waals surface area contributed by atoms with E-state index in [1.165, 1.54) is 5.56 Å². The lowest BCUT2D eigenvalue weighted by Gasteiger charge is -2.17. The van der Waals surface area contributed by atoms with E-state index in [2.05, 4.69) is 12.2 Å². The first-order valence-electron chi connectivity index (χ1n) is 7.06. The van der Waals surface area contributed by atoms with Gasteiger partial charge in [-0.2, -0.15) is 0 Å². The van der Waals surface area contributed by atoms with Crippen LogP contribution in [0.5, 0.6) is 0 Å². The van der Waals surface area contributed by atoms with E-state index in [1.807, 2.05) is 24.3 Å². The highest BCUT2D eigenvalue weighted by molar-refractivity contribution is 5.84. The number of anilines is 1. The van der Waals surface area contributed by atoms with Gasteiger partial charge in [-0.05, 0) is 30.5 Å². The summed E-state index contributed by atoms with van der Waals surface area (Å²) < 4.78 is 16.5. The second-order valence-corrected chi connectivity index (χ2v) is 5.12. The van der Waals surface area contributed by atoms with Crippen LogP contribution in [-0.2, 0) is 20.6 Å². The van der Waals surface area contributed by atoms with E-state index >= 15 is 0 Å². The first-order chi connectivity index (χ1) is 9.76. The highest BCUT2D eigenvalue weighted by atomic mass is 16.6. The van der Waals surface area contributed by atoms with Gasteiger partial charge in [0.25, 0.3) is 0 Å². The summed E-state index contributed by atoms with van der Waals surface area (Å²) in [7, 11) is 0. The molecule has 1 aromatic rings. The number of aryl methyl sites for hydroxylation is 1. The van der Waals surface area contributed by atoms with Crippen LogP contribution in [0.3, 0.4) is 0 Å². The molecule has 0 spiro atoms. The molecular formula is C15H19NO4. The summed E-state index contributed by atoms with van der Waals surface area (Å²) in [5.41, 5.74) is 1.96. The van der Waals surface area contributed by atoms with Crippen LogP contribution in [0.25, 0.3) is 0 Å². The molecule has 3 rings (SSSR count). The molecule has 5 heteroatoms. The molecule has 2 fully saturated rings. The summed E-state index contributed by atoms with van der Waals surface area (Å²) in [4.78, 5) is 11.9. The zero-order valence-electron chi connectivity index (χ0n) is 11.5. The fraction of sp³-hybridized carbons (Fsp3) is 0.533. The Bertz CT molecular complexity index is 473. The minimum absolute atomic E-state index is 0.0802. The lowest BCUT2D eigenvalue weighted by molar-refractivity contribution is 0.00943. The number of benzene rings is 1. The van der Waals surface area contributed by atoms with Gasteiger partial charge in [0.05, 0.1) is 12.7 Å². The zero-order chi connectivity index (χ0) is 13.9. The molecule has 2 aliphatic rings. The number of hydrogen-bond acceptors (Lipinski definition) is 4. The summed E-state index contributed by atoms with van der Waals surface area (Å²) in [6.45, 7) is 3.18. The SMILES string of the molecule is CCc1ccc(NC(=O)O[C@@H]2CO[C@@H]3CCOC32)cc1. The Morgan fingerprint density at radius 2 is 2.15 bits per heavy atom. The summed E-state index contributed by atoms with van der Waals surface area (Å²) >= 11 is 0. The van der Waals surface area contributed by atoms with Gasteiger partial charge in [-0.25, -0.2) is 4.79 Å². The molecule has 0 aliphatic carbocycles. The normalized spacial score (nSPS) is 28.1. The summed E-state index contributed by atoms with van der Waals surface area (Å²) in [5.74, 6) is 0. The Morgan fingerprint density at radius 3 is 2.90 bits per heavy atom. The second-order valence-electron chi connectivity index (χ2n) is 5.12. The Kier molecular flexibility index (Phi) is 3.89. The summed E-state index contributed by atoms with van der Waals surface area (Å²) in [6, 6.07) is 7.73. The number of nitrogens with one attached hydrogen (secondary N) is 1. The van der Waals surface area contributed by atoms with Gasteiger partial charge in [-0.3, -0.25) is 5.32 Å². The smallest absolute Gasteiger partial charge is 0.412 e. The maximum Gasteiger partial charge on any atom is 0.412 e. The van der Waals surface area contributed by atoms with Crippen LogP contribution in [0, 0.1) is 0 Å². The Morgan fingerprint density at radius 1 is 1.35 bits per heavy atom. The van der Waals surface area contributed by atoms with Crippen molar-refractivity contribution in [2.45, 2.75) is 38.1 Å². The van der Waals surface area contributed by atoms with Crippen molar-refractivity contribution in [1.29, 1.82) is 0 Å². The van der Waals surface area contributed by atoms with Crippen LogP contribution in [0.15, 0.2) is 24.3 Å². The molecule has 5 nitrogen and oxygen atoms in total. The maximum atomic E-state index is 11.9. The lowest BCUT2D eigenvalue weighted by atomic mass is 10.1. The van der Waals surface area contributed by atoms with Crippen LogP contribution in [0.1, 0.15) is 18.9 Å². The fourth-order valence-corrected chi connectivity index (χ4v) is 2.64. The Hall–Kier alpha value is -1.59. The molecular weight excluding hydrogens is 258 g/mol. The number of carbonyl (C=O) groups excluding carboxylic acids is 1. The Labute approximate surface area is 118 Å². The van der Waals surface area contributed by atoms with Crippen LogP contribution >= 0.6 is 0 Å². The van der Waals surface area contributed by atoms with E-state index in [-0.39, 0.29) is 18.3 Å². The van der Waals surface area contributed by atoms with Gasteiger partial charge in [0.2, 0.25) is 0 Å². The zero-order valence-corrected chi connectivity index (χ0v) is 11.5. The van der Waals surface area contributed by atoms with Crippen molar-refractivity contribution in [3.05, 3.63) is 29.8 Å². The standard InChI is InChI=1S/C15H19NO4/c1-2-10-3-5-11(6-4-10)16-15(17)20-13-9-19-12-7-8-18-14(12)13/h3-6,12-14H,2,7-9H2,1H3,(H,16,17)/t12-,13-,14?/m1/s1. The average molecular weight is 277 g/mol. The third-order valence-corrected chi connectivity index (χ3v) is 3.79. The van der Waals surface area contributed by atoms with E-state index in [0.29, 0.717) is 13.2 Å². The number of rotatable bonds is 3. The molecule has 1 N–H and O–H groups in total. The van der Waals surface area contributed by atoms with E-state index in [9.17, 15) is 4.79 Å². The van der Waals surface area contributed by atoms with E-state index in [4.69, 9.17) is 14.2 Å². The molecule has 2 saturated heterocycles. The van der Waals surface area contributed by atoms with Crippen LogP contribution in [0.2, 0.25) is 0 Å². The topological polar surface area (TPSA) is 56.8 Å². The molecule has 2 aliphatic heterocycles. The number of carbonyl (C=O) groups is 1. The van der Waals surface area contributed by atoms with Gasteiger partial charge in [0.1, 0.15) is 6.10 Å². The van der Waals surface area contributed by atoms with Crippen molar-refractivity contribution in [2.75, 3.05) is 18.5 Å². The number of fused-ring (bicyclic) bond motifs is 1. The van der Waals surface area contributed by atoms with Crippen molar-refractivity contribution in [3.8, 4) is 0 Å². The highest BCUT2D eigenvalue weighted by Crippen LogP contribution is 2.28. The number of ether oxygens (including phenoxy) is 3. The largest absolute Gasteiger partial charge is 0.441 e. The van der Waals surface area contributed by atoms with Gasteiger partial charge >= 0.3 is 6.09 Å². The van der Waals surface area contributed by atoms with Crippen molar-refractivity contribution < 1.29 is 19.0 Å². The number of hydrogen-bond donors (Lipinski definition) is 1. The first-order valence-corrected chi connectivity index (χ1v) is 7.06. The minimum atomic E-state index is -0.459. The van der Waals surface area contributed by atoms with Crippen LogP contribution < -0.4 is 5.32 Å². The van der Waals surface area contributed by atoms with Crippen LogP contribution in [0.4, 0.5) is 10.5 Å². The molecule has 1 unspecified atom stereocenters. The van der Waals surface area contributed by atoms with E-state index < -0.39 is 6.09 Å². The molecule has 108 valence electrons. The Balaban J connectivity index is 1.54. The van der Waals surface area contributed by atoms with Crippen LogP contribution in [-0.4, -0.2) is 37.6 Å². The van der Waals surface area contributed by atoms with E-state index in [1.54, 1.807) is 0 Å². The predicted octanol–water partition coefficient (Wildman–Crippen LogP) is 2.35. The molecule has 0 aromatic heterocycles. The molecule has 1 aromatic carbocycles. The second kappa shape index (κ2) is 5.81. The monoisotopic (exact) mass is 277 g/mol. The average Bonchev–Trinajstić information content (AvgIpc) is 3.05. The molecule has 1 amide bonds. The first kappa shape index (κ1) is 13.4. The highest BCUT2D eigenvalue weighted by Gasteiger charge is 2.44. The lowest BCUT2D eigenvalue weighted by Crippen LogP contribution is -2.33. The van der Waals surface area contributed by atoms with Crippen molar-refractivity contribution in [3.63, 3.8) is 0 Å². The van der Waals surface area contributed by atoms with Gasteiger partial charge in [-0.1, -0.05) is 19.1 Å².